The Kier molecular flexibility index (Phi) is 4.23. The molecule has 0 aliphatic heterocycles. The van der Waals surface area contributed by atoms with Crippen molar-refractivity contribution in [2.24, 2.45) is 10.9 Å². The maximum atomic E-state index is 12.3. The van der Waals surface area contributed by atoms with E-state index in [-0.39, 0.29) is 11.7 Å². The molecule has 4 N–H and O–H groups in total. The Morgan fingerprint density at radius 1 is 1.38 bits per heavy atom. The summed E-state index contributed by atoms with van der Waals surface area (Å²) in [6.45, 7) is 5.54. The molecule has 1 aromatic carbocycles. The molecule has 0 unspecified atom stereocenters. The van der Waals surface area contributed by atoms with Crippen LogP contribution in [0, 0.1) is 20.8 Å². The summed E-state index contributed by atoms with van der Waals surface area (Å²) in [6, 6.07) is 5.20. The van der Waals surface area contributed by atoms with Crippen LogP contribution in [0.2, 0.25) is 0 Å². The topological polar surface area (TPSA) is 101 Å². The second-order valence-corrected chi connectivity index (χ2v) is 5.82. The Morgan fingerprint density at radius 2 is 2.10 bits per heavy atom. The standard InChI is InChI=1S/C14H16N4O2S/c1-7-4-5-10(13(15)18-20)6-11(7)17-14(19)12-8(2)16-9(3)21-12/h4-6,20H,1-3H3,(H2,15,18)(H,17,19). The Bertz CT molecular complexity index is 722. The summed E-state index contributed by atoms with van der Waals surface area (Å²) in [5.74, 6) is -0.215. The Balaban J connectivity index is 2.31. The molecule has 0 atom stereocenters. The van der Waals surface area contributed by atoms with Crippen molar-refractivity contribution in [3.63, 3.8) is 0 Å². The third-order valence-corrected chi connectivity index (χ3v) is 4.07. The average Bonchev–Trinajstić information content (AvgIpc) is 2.79. The highest BCUT2D eigenvalue weighted by molar-refractivity contribution is 7.13. The van der Waals surface area contributed by atoms with Crippen LogP contribution in [0.3, 0.4) is 0 Å². The van der Waals surface area contributed by atoms with Gasteiger partial charge in [-0.1, -0.05) is 17.3 Å². The number of oxime groups is 1. The fourth-order valence-corrected chi connectivity index (χ4v) is 2.71. The van der Waals surface area contributed by atoms with Crippen molar-refractivity contribution >= 4 is 28.8 Å². The molecular formula is C14H16N4O2S. The van der Waals surface area contributed by atoms with Crippen molar-refractivity contribution in [1.82, 2.24) is 4.98 Å². The van der Waals surface area contributed by atoms with Gasteiger partial charge in [0.1, 0.15) is 4.88 Å². The number of nitrogens with two attached hydrogens (primary N) is 1. The molecule has 2 rings (SSSR count). The van der Waals surface area contributed by atoms with Crippen LogP contribution in [0.4, 0.5) is 5.69 Å². The molecule has 7 heteroatoms. The van der Waals surface area contributed by atoms with E-state index in [0.717, 1.165) is 10.6 Å². The number of carbonyl (C=O) groups excluding carboxylic acids is 1. The molecule has 0 spiro atoms. The highest BCUT2D eigenvalue weighted by Gasteiger charge is 2.15. The molecule has 6 nitrogen and oxygen atoms in total. The number of hydrogen-bond acceptors (Lipinski definition) is 5. The van der Waals surface area contributed by atoms with Gasteiger partial charge in [0, 0.05) is 11.3 Å². The monoisotopic (exact) mass is 304 g/mol. The predicted octanol–water partition coefficient (Wildman–Crippen LogP) is 2.42. The number of aromatic nitrogens is 1. The molecule has 1 aromatic heterocycles. The number of thiazole rings is 1. The van der Waals surface area contributed by atoms with Gasteiger partial charge < -0.3 is 16.3 Å². The number of aryl methyl sites for hydroxylation is 3. The number of hydrogen-bond donors (Lipinski definition) is 3. The molecule has 0 fully saturated rings. The van der Waals surface area contributed by atoms with Crippen molar-refractivity contribution in [1.29, 1.82) is 0 Å². The van der Waals surface area contributed by atoms with E-state index in [1.54, 1.807) is 25.1 Å². The number of amidine groups is 1. The van der Waals surface area contributed by atoms with Gasteiger partial charge in [-0.15, -0.1) is 11.3 Å². The molecule has 0 aliphatic carbocycles. The van der Waals surface area contributed by atoms with Crippen LogP contribution in [0.25, 0.3) is 0 Å². The quantitative estimate of drug-likeness (QED) is 0.351. The van der Waals surface area contributed by atoms with E-state index in [2.05, 4.69) is 15.5 Å². The third-order valence-electron chi connectivity index (χ3n) is 3.00. The zero-order valence-corrected chi connectivity index (χ0v) is 12.8. The third kappa shape index (κ3) is 3.19. The summed E-state index contributed by atoms with van der Waals surface area (Å²) in [7, 11) is 0. The Morgan fingerprint density at radius 3 is 2.67 bits per heavy atom. The summed E-state index contributed by atoms with van der Waals surface area (Å²) in [5, 5.41) is 15.4. The fraction of sp³-hybridized carbons (Fsp3) is 0.214. The lowest BCUT2D eigenvalue weighted by Crippen LogP contribution is -2.16. The zero-order chi connectivity index (χ0) is 15.6. The lowest BCUT2D eigenvalue weighted by molar-refractivity contribution is 0.102. The summed E-state index contributed by atoms with van der Waals surface area (Å²) in [5.41, 5.74) is 8.31. The molecule has 1 amide bonds. The lowest BCUT2D eigenvalue weighted by atomic mass is 10.1. The molecule has 0 bridgehead atoms. The number of nitrogens with one attached hydrogen (secondary N) is 1. The van der Waals surface area contributed by atoms with Crippen LogP contribution in [0.1, 0.15) is 31.5 Å². The molecule has 0 saturated carbocycles. The van der Waals surface area contributed by atoms with E-state index in [9.17, 15) is 4.79 Å². The van der Waals surface area contributed by atoms with Crippen LogP contribution < -0.4 is 11.1 Å². The van der Waals surface area contributed by atoms with Crippen LogP contribution in [0.15, 0.2) is 23.4 Å². The molecule has 2 aromatic rings. The van der Waals surface area contributed by atoms with Gasteiger partial charge in [-0.25, -0.2) is 4.98 Å². The van der Waals surface area contributed by atoms with Gasteiger partial charge >= 0.3 is 0 Å². The molecular weight excluding hydrogens is 288 g/mol. The fourth-order valence-electron chi connectivity index (χ4n) is 1.89. The number of anilines is 1. The van der Waals surface area contributed by atoms with E-state index in [1.165, 1.54) is 11.3 Å². The first-order valence-corrected chi connectivity index (χ1v) is 7.08. The molecule has 21 heavy (non-hydrogen) atoms. The minimum absolute atomic E-state index is 0.00434. The molecule has 0 saturated heterocycles. The van der Waals surface area contributed by atoms with Crippen molar-refractivity contribution in [3.05, 3.63) is 44.9 Å². The van der Waals surface area contributed by atoms with Gasteiger partial charge in [-0.2, -0.15) is 0 Å². The maximum Gasteiger partial charge on any atom is 0.267 e. The average molecular weight is 304 g/mol. The van der Waals surface area contributed by atoms with E-state index in [0.29, 0.717) is 21.8 Å². The first-order valence-electron chi connectivity index (χ1n) is 6.26. The first kappa shape index (κ1) is 15.0. The molecule has 0 radical (unpaired) electrons. The van der Waals surface area contributed by atoms with Gasteiger partial charge in [0.05, 0.1) is 10.7 Å². The van der Waals surface area contributed by atoms with Crippen LogP contribution in [0.5, 0.6) is 0 Å². The predicted molar refractivity (Wildman–Crippen MR) is 83.2 cm³/mol. The van der Waals surface area contributed by atoms with Gasteiger partial charge in [-0.05, 0) is 32.4 Å². The van der Waals surface area contributed by atoms with Gasteiger partial charge in [-0.3, -0.25) is 4.79 Å². The highest BCUT2D eigenvalue weighted by Crippen LogP contribution is 2.21. The minimum atomic E-state index is -0.210. The van der Waals surface area contributed by atoms with Crippen molar-refractivity contribution in [3.8, 4) is 0 Å². The van der Waals surface area contributed by atoms with Crippen molar-refractivity contribution in [2.45, 2.75) is 20.8 Å². The second kappa shape index (κ2) is 5.92. The van der Waals surface area contributed by atoms with Crippen molar-refractivity contribution in [2.75, 3.05) is 5.32 Å². The second-order valence-electron chi connectivity index (χ2n) is 4.62. The largest absolute Gasteiger partial charge is 0.409 e. The SMILES string of the molecule is Cc1nc(C)c(C(=O)Nc2cc(/C(N)=N/O)ccc2C)s1. The number of benzene rings is 1. The smallest absolute Gasteiger partial charge is 0.267 e. The number of rotatable bonds is 3. The van der Waals surface area contributed by atoms with E-state index in [4.69, 9.17) is 10.9 Å². The van der Waals surface area contributed by atoms with Gasteiger partial charge in [0.2, 0.25) is 0 Å². The van der Waals surface area contributed by atoms with E-state index >= 15 is 0 Å². The van der Waals surface area contributed by atoms with E-state index < -0.39 is 0 Å². The molecule has 110 valence electrons. The number of amides is 1. The lowest BCUT2D eigenvalue weighted by Gasteiger charge is -2.09. The number of carbonyl (C=O) groups is 1. The summed E-state index contributed by atoms with van der Waals surface area (Å²) < 4.78 is 0. The normalized spacial score (nSPS) is 11.5. The zero-order valence-electron chi connectivity index (χ0n) is 12.0. The van der Waals surface area contributed by atoms with Crippen LogP contribution in [-0.4, -0.2) is 21.9 Å². The Hall–Kier alpha value is -2.41. The summed E-state index contributed by atoms with van der Waals surface area (Å²) in [6.07, 6.45) is 0. The summed E-state index contributed by atoms with van der Waals surface area (Å²) >= 11 is 1.35. The van der Waals surface area contributed by atoms with Crippen molar-refractivity contribution < 1.29 is 10.0 Å². The minimum Gasteiger partial charge on any atom is -0.409 e. The number of nitrogens with zero attached hydrogens (tertiary/aromatic N) is 2. The van der Waals surface area contributed by atoms with E-state index in [1.807, 2.05) is 13.8 Å². The highest BCUT2D eigenvalue weighted by atomic mass is 32.1. The molecule has 0 aliphatic rings. The van der Waals surface area contributed by atoms with Crippen LogP contribution >= 0.6 is 11.3 Å². The van der Waals surface area contributed by atoms with Gasteiger partial charge in [0.15, 0.2) is 5.84 Å². The first-order chi connectivity index (χ1) is 9.92. The van der Waals surface area contributed by atoms with Crippen LogP contribution in [-0.2, 0) is 0 Å². The summed E-state index contributed by atoms with van der Waals surface area (Å²) in [4.78, 5) is 17.1. The molecule has 1 heterocycles. The maximum absolute atomic E-state index is 12.3. The Labute approximate surface area is 126 Å². The van der Waals surface area contributed by atoms with Gasteiger partial charge in [0.25, 0.3) is 5.91 Å².